The molecule has 0 atom stereocenters. The van der Waals surface area contributed by atoms with Crippen LogP contribution in [-0.2, 0) is 4.79 Å². The molecule has 0 saturated heterocycles. The van der Waals surface area contributed by atoms with Crippen LogP contribution in [0.15, 0.2) is 30.3 Å². The largest absolute Gasteiger partial charge is 0.315 e. The van der Waals surface area contributed by atoms with Gasteiger partial charge in [0.1, 0.15) is 0 Å². The Morgan fingerprint density at radius 2 is 1.88 bits per heavy atom. The molecule has 1 amide bonds. The van der Waals surface area contributed by atoms with Crippen LogP contribution < -0.4 is 4.90 Å². The molecule has 2 nitrogen and oxygen atoms in total. The molecule has 0 radical (unpaired) electrons. The zero-order valence-electron chi connectivity index (χ0n) is 11.1. The molecule has 1 aromatic rings. The Labute approximate surface area is 104 Å². The monoisotopic (exact) mass is 231 g/mol. The summed E-state index contributed by atoms with van der Waals surface area (Å²) >= 11 is 0. The molecule has 1 aromatic carbocycles. The van der Waals surface area contributed by atoms with Crippen LogP contribution in [0.5, 0.6) is 0 Å². The molecule has 0 fully saturated rings. The lowest BCUT2D eigenvalue weighted by Gasteiger charge is -2.18. The van der Waals surface area contributed by atoms with Gasteiger partial charge in [0.2, 0.25) is 5.91 Å². The fourth-order valence-electron chi connectivity index (χ4n) is 1.63. The molecule has 0 aromatic heterocycles. The summed E-state index contributed by atoms with van der Waals surface area (Å²) in [4.78, 5) is 13.6. The van der Waals surface area contributed by atoms with Crippen molar-refractivity contribution in [3.8, 4) is 0 Å². The third-order valence-electron chi connectivity index (χ3n) is 2.60. The molecule has 1 rings (SSSR count). The molecule has 0 saturated carbocycles. The van der Waals surface area contributed by atoms with Gasteiger partial charge in [-0.3, -0.25) is 4.79 Å². The van der Waals surface area contributed by atoms with Crippen molar-refractivity contribution in [3.05, 3.63) is 35.9 Å². The van der Waals surface area contributed by atoms with Crippen molar-refractivity contribution in [1.29, 1.82) is 0 Å². The predicted octanol–water partition coefficient (Wildman–Crippen LogP) is 3.73. The van der Waals surface area contributed by atoms with Gasteiger partial charge in [-0.2, -0.15) is 0 Å². The van der Waals surface area contributed by atoms with Crippen LogP contribution >= 0.6 is 0 Å². The second-order valence-electron chi connectivity index (χ2n) is 4.64. The molecule has 2 heteroatoms. The van der Waals surface area contributed by atoms with Gasteiger partial charge in [0, 0.05) is 19.2 Å². The molecule has 0 aliphatic rings. The number of nitrogens with zero attached hydrogens (tertiary/aromatic N) is 1. The molecule has 0 aliphatic heterocycles. The molecular formula is C15H21NO. The molecule has 0 spiro atoms. The first-order valence-corrected chi connectivity index (χ1v) is 6.04. The summed E-state index contributed by atoms with van der Waals surface area (Å²) in [6.45, 7) is 6.11. The van der Waals surface area contributed by atoms with E-state index >= 15 is 0 Å². The minimum atomic E-state index is 0.166. The van der Waals surface area contributed by atoms with E-state index in [0.29, 0.717) is 12.3 Å². The third-order valence-corrected chi connectivity index (χ3v) is 2.60. The summed E-state index contributed by atoms with van der Waals surface area (Å²) in [5.74, 6) is 0.561. The highest BCUT2D eigenvalue weighted by Gasteiger charge is 2.11. The number of hydrogen-bond donors (Lipinski definition) is 0. The average molecular weight is 231 g/mol. The maximum absolute atomic E-state index is 11.9. The molecule has 92 valence electrons. The van der Waals surface area contributed by atoms with Crippen LogP contribution in [0.1, 0.15) is 32.8 Å². The van der Waals surface area contributed by atoms with E-state index in [-0.39, 0.29) is 5.91 Å². The summed E-state index contributed by atoms with van der Waals surface area (Å²) in [5.41, 5.74) is 2.10. The number of hydrogen-bond acceptors (Lipinski definition) is 1. The van der Waals surface area contributed by atoms with Crippen LogP contribution in [0.25, 0.3) is 6.08 Å². The van der Waals surface area contributed by atoms with E-state index < -0.39 is 0 Å². The summed E-state index contributed by atoms with van der Waals surface area (Å²) in [5, 5.41) is 0. The zero-order chi connectivity index (χ0) is 12.8. The minimum Gasteiger partial charge on any atom is -0.315 e. The van der Waals surface area contributed by atoms with Crippen LogP contribution in [-0.4, -0.2) is 13.0 Å². The number of carbonyl (C=O) groups excluding carboxylic acids is 1. The second-order valence-corrected chi connectivity index (χ2v) is 4.64. The quantitative estimate of drug-likeness (QED) is 0.773. The minimum absolute atomic E-state index is 0.166. The highest BCUT2D eigenvalue weighted by atomic mass is 16.2. The van der Waals surface area contributed by atoms with Crippen molar-refractivity contribution in [2.75, 3.05) is 11.9 Å². The summed E-state index contributed by atoms with van der Waals surface area (Å²) < 4.78 is 0. The van der Waals surface area contributed by atoms with Gasteiger partial charge < -0.3 is 4.90 Å². The first-order valence-electron chi connectivity index (χ1n) is 6.04. The van der Waals surface area contributed by atoms with Gasteiger partial charge in [0.05, 0.1) is 0 Å². The summed E-state index contributed by atoms with van der Waals surface area (Å²) in [6, 6.07) is 8.00. The molecule has 0 unspecified atom stereocenters. The van der Waals surface area contributed by atoms with E-state index in [1.165, 1.54) is 0 Å². The third kappa shape index (κ3) is 4.06. The van der Waals surface area contributed by atoms with E-state index in [0.717, 1.165) is 11.3 Å². The van der Waals surface area contributed by atoms with Crippen LogP contribution in [0.2, 0.25) is 0 Å². The Hall–Kier alpha value is -1.57. The average Bonchev–Trinajstić information content (AvgIpc) is 2.28. The first-order chi connectivity index (χ1) is 8.04. The van der Waals surface area contributed by atoms with Crippen molar-refractivity contribution in [2.24, 2.45) is 5.92 Å². The van der Waals surface area contributed by atoms with Gasteiger partial charge in [-0.15, -0.1) is 0 Å². The zero-order valence-corrected chi connectivity index (χ0v) is 11.1. The van der Waals surface area contributed by atoms with E-state index in [1.54, 1.807) is 4.90 Å². The normalized spacial score (nSPS) is 11.1. The van der Waals surface area contributed by atoms with Crippen molar-refractivity contribution in [2.45, 2.75) is 27.2 Å². The molecule has 0 bridgehead atoms. The smallest absolute Gasteiger partial charge is 0.226 e. The number of allylic oxidation sites excluding steroid dienone is 1. The van der Waals surface area contributed by atoms with Gasteiger partial charge in [-0.1, -0.05) is 38.1 Å². The first kappa shape index (κ1) is 13.5. The molecule has 0 aliphatic carbocycles. The van der Waals surface area contributed by atoms with E-state index in [1.807, 2.05) is 50.4 Å². The van der Waals surface area contributed by atoms with Gasteiger partial charge in [0.15, 0.2) is 0 Å². The fourth-order valence-corrected chi connectivity index (χ4v) is 1.63. The lowest BCUT2D eigenvalue weighted by atomic mass is 10.1. The van der Waals surface area contributed by atoms with Gasteiger partial charge in [0.25, 0.3) is 0 Å². The lowest BCUT2D eigenvalue weighted by molar-refractivity contribution is -0.119. The SMILES string of the molecule is C/C=C/c1ccc(N(C)C(=O)CC(C)C)cc1. The number of carbonyl (C=O) groups is 1. The van der Waals surface area contributed by atoms with Crippen LogP contribution in [0.3, 0.4) is 0 Å². The van der Waals surface area contributed by atoms with E-state index in [9.17, 15) is 4.79 Å². The number of amides is 1. The topological polar surface area (TPSA) is 20.3 Å². The predicted molar refractivity (Wildman–Crippen MR) is 74.0 cm³/mol. The van der Waals surface area contributed by atoms with Gasteiger partial charge >= 0.3 is 0 Å². The highest BCUT2D eigenvalue weighted by Crippen LogP contribution is 2.16. The lowest BCUT2D eigenvalue weighted by Crippen LogP contribution is -2.27. The fraction of sp³-hybridized carbons (Fsp3) is 0.400. The maximum Gasteiger partial charge on any atom is 0.226 e. The molecule has 17 heavy (non-hydrogen) atoms. The van der Waals surface area contributed by atoms with Crippen LogP contribution in [0, 0.1) is 5.92 Å². The van der Waals surface area contributed by atoms with E-state index in [4.69, 9.17) is 0 Å². The Balaban J connectivity index is 2.75. The number of anilines is 1. The standard InChI is InChI=1S/C15H21NO/c1-5-6-13-7-9-14(10-8-13)16(4)15(17)11-12(2)3/h5-10,12H,11H2,1-4H3/b6-5+. The van der Waals surface area contributed by atoms with Gasteiger partial charge in [-0.05, 0) is 30.5 Å². The van der Waals surface area contributed by atoms with Crippen LogP contribution in [0.4, 0.5) is 5.69 Å². The summed E-state index contributed by atoms with van der Waals surface area (Å²) in [7, 11) is 1.83. The summed E-state index contributed by atoms with van der Waals surface area (Å²) in [6.07, 6.45) is 4.63. The van der Waals surface area contributed by atoms with Gasteiger partial charge in [-0.25, -0.2) is 0 Å². The Morgan fingerprint density at radius 1 is 1.29 bits per heavy atom. The van der Waals surface area contributed by atoms with E-state index in [2.05, 4.69) is 13.8 Å². The van der Waals surface area contributed by atoms with Crippen molar-refractivity contribution >= 4 is 17.7 Å². The Morgan fingerprint density at radius 3 is 2.35 bits per heavy atom. The number of benzene rings is 1. The Kier molecular flexibility index (Phi) is 4.95. The highest BCUT2D eigenvalue weighted by molar-refractivity contribution is 5.92. The molecule has 0 heterocycles. The second kappa shape index (κ2) is 6.24. The molecule has 0 N–H and O–H groups in total. The van der Waals surface area contributed by atoms with Crippen molar-refractivity contribution < 1.29 is 4.79 Å². The van der Waals surface area contributed by atoms with Crippen molar-refractivity contribution in [3.63, 3.8) is 0 Å². The van der Waals surface area contributed by atoms with Crippen molar-refractivity contribution in [1.82, 2.24) is 0 Å². The number of rotatable bonds is 4. The molecular weight excluding hydrogens is 210 g/mol. The maximum atomic E-state index is 11.9. The Bertz CT molecular complexity index is 390.